The summed E-state index contributed by atoms with van der Waals surface area (Å²) in [4.78, 5) is 0. The van der Waals surface area contributed by atoms with Crippen molar-refractivity contribution >= 4 is 113 Å². The molecule has 0 unspecified atom stereocenters. The molecule has 0 aliphatic carbocycles. The van der Waals surface area contributed by atoms with Crippen LogP contribution in [0.3, 0.4) is 0 Å². The zero-order valence-electron chi connectivity index (χ0n) is 18.6. The smallest absolute Gasteiger partial charge is 1.00 e. The molecule has 0 saturated carbocycles. The fourth-order valence-electron chi connectivity index (χ4n) is 0.948. The second kappa shape index (κ2) is 37.2. The number of rotatable bonds is 12. The summed E-state index contributed by atoms with van der Waals surface area (Å²) in [5.41, 5.74) is 0. The SMILES string of the molecule is CP=S.O=S(=O)([O-])CCCS.O=S(=O)([O-])CCCSSCCCS(=O)(=O)[O-].S=[P+]=S.[Na+].[Na+].[Na+]. The quantitative estimate of drug-likeness (QED) is 0.0507. The number of hydrogen-bond acceptors (Lipinski definition) is 15. The number of hydrogen-bond donors (Lipinski definition) is 1. The molecule has 0 radical (unpaired) electrons. The summed E-state index contributed by atoms with van der Waals surface area (Å²) in [6.07, 6.45) is 1.49. The van der Waals surface area contributed by atoms with Gasteiger partial charge in [0.05, 0.1) is 30.4 Å². The van der Waals surface area contributed by atoms with Gasteiger partial charge in [-0.15, -0.1) is 0 Å². The van der Waals surface area contributed by atoms with Gasteiger partial charge in [-0.2, -0.15) is 12.6 Å². The fourth-order valence-corrected chi connectivity index (χ4v) is 5.35. The maximum absolute atomic E-state index is 10.2. The molecule has 0 saturated heterocycles. The molecule has 0 aliphatic heterocycles. The van der Waals surface area contributed by atoms with Crippen LogP contribution in [0.25, 0.3) is 0 Å². The van der Waals surface area contributed by atoms with E-state index in [2.05, 4.69) is 48.0 Å². The van der Waals surface area contributed by atoms with E-state index in [1.807, 2.05) is 6.66 Å². The molecule has 0 spiro atoms. The van der Waals surface area contributed by atoms with Crippen LogP contribution in [0.2, 0.25) is 0 Å². The largest absolute Gasteiger partial charge is 1.00 e. The average molecular weight is 706 g/mol. The molecule has 0 fully saturated rings. The van der Waals surface area contributed by atoms with Gasteiger partial charge >= 0.3 is 118 Å². The molecule has 0 aromatic carbocycles. The second-order valence-corrected chi connectivity index (χ2v) is 15.6. The molecule has 0 aromatic heterocycles. The first-order valence-corrected chi connectivity index (χ1v) is 20.5. The van der Waals surface area contributed by atoms with Gasteiger partial charge in [0.2, 0.25) is 0 Å². The van der Waals surface area contributed by atoms with Crippen molar-refractivity contribution in [2.45, 2.75) is 19.3 Å². The van der Waals surface area contributed by atoms with Gasteiger partial charge < -0.3 is 13.7 Å². The maximum Gasteiger partial charge on any atom is 1.00 e. The maximum atomic E-state index is 10.2. The summed E-state index contributed by atoms with van der Waals surface area (Å²) >= 11 is 16.5. The molecule has 0 rings (SSSR count). The van der Waals surface area contributed by atoms with E-state index in [4.69, 9.17) is 0 Å². The Labute approximate surface area is 296 Å². The van der Waals surface area contributed by atoms with Crippen LogP contribution in [0.5, 0.6) is 0 Å². The average Bonchev–Trinajstić information content (AvgIpc) is 2.55. The van der Waals surface area contributed by atoms with Gasteiger partial charge in [0.25, 0.3) is 0 Å². The van der Waals surface area contributed by atoms with E-state index in [9.17, 15) is 38.9 Å². The predicted octanol–water partition coefficient (Wildman–Crippen LogP) is -7.02. The number of thiol groups is 1. The molecule has 0 heterocycles. The molecule has 0 amide bonds. The zero-order chi connectivity index (χ0) is 24.7. The van der Waals surface area contributed by atoms with Crippen LogP contribution >= 0.6 is 47.7 Å². The molecule has 23 heteroatoms. The van der Waals surface area contributed by atoms with Crippen molar-refractivity contribution in [1.29, 1.82) is 0 Å². The van der Waals surface area contributed by atoms with E-state index in [-0.39, 0.29) is 119 Å². The third kappa shape index (κ3) is 85.6. The fraction of sp³-hybridized carbons (Fsp3) is 1.00. The van der Waals surface area contributed by atoms with E-state index in [0.717, 1.165) is 7.36 Å². The van der Waals surface area contributed by atoms with Crippen molar-refractivity contribution in [3.8, 4) is 0 Å². The molecule has 33 heavy (non-hydrogen) atoms. The zero-order valence-corrected chi connectivity index (χ0v) is 33.9. The molecule has 0 aliphatic rings. The van der Waals surface area contributed by atoms with Crippen molar-refractivity contribution in [3.05, 3.63) is 0 Å². The van der Waals surface area contributed by atoms with Gasteiger partial charge in [0, 0.05) is 28.8 Å². The van der Waals surface area contributed by atoms with Gasteiger partial charge in [0.1, 0.15) is 0 Å². The standard InChI is InChI=1S/C6H14O6S4.C3H8O3S2.CH3PS.3Na.PS2/c7-15(8,9)5-1-3-13-14-4-2-6-16(10,11)12;4-8(5,6)3-1-2-7;1-2-3;;;;2-1-3/h1-6H2,(H,7,8,9)(H,10,11,12);7H,1-3H2,(H,4,5,6);1H3;;;;/q;;;4*+1/p-3. The van der Waals surface area contributed by atoms with Crippen LogP contribution in [-0.2, 0) is 65.8 Å². The van der Waals surface area contributed by atoms with Gasteiger partial charge in [-0.25, -0.2) is 25.3 Å². The third-order valence-corrected chi connectivity index (χ3v) is 7.14. The molecule has 182 valence electrons. The second-order valence-electron chi connectivity index (χ2n) is 4.47. The Bertz CT molecular complexity index is 724. The molecule has 0 atom stereocenters. The van der Waals surface area contributed by atoms with Crippen molar-refractivity contribution in [1.82, 2.24) is 0 Å². The first-order chi connectivity index (χ1) is 13.6. The predicted molar refractivity (Wildman–Crippen MR) is 138 cm³/mol. The van der Waals surface area contributed by atoms with Crippen LogP contribution in [0.15, 0.2) is 0 Å². The van der Waals surface area contributed by atoms with Gasteiger partial charge in [-0.3, -0.25) is 0 Å². The third-order valence-electron chi connectivity index (χ3n) is 1.88. The molecule has 0 bridgehead atoms. The van der Waals surface area contributed by atoms with Crippen LogP contribution < -0.4 is 88.7 Å². The van der Waals surface area contributed by atoms with E-state index >= 15 is 0 Å². The van der Waals surface area contributed by atoms with Crippen molar-refractivity contribution in [3.63, 3.8) is 0 Å². The van der Waals surface area contributed by atoms with Crippen LogP contribution in [0, 0.1) is 0 Å². The van der Waals surface area contributed by atoms with E-state index < -0.39 is 30.4 Å². The summed E-state index contributed by atoms with van der Waals surface area (Å²) < 4.78 is 90.6. The Balaban J connectivity index is -0.0000000674. The Morgan fingerprint density at radius 3 is 1.12 bits per heavy atom. The topological polar surface area (TPSA) is 172 Å². The minimum Gasteiger partial charge on any atom is 1.00 e. The molecular weight excluding hydrogens is 684 g/mol. The Hall–Kier alpha value is 5.17. The first kappa shape index (κ1) is 54.3. The van der Waals surface area contributed by atoms with Crippen LogP contribution in [-0.4, -0.2) is 80.1 Å². The minimum atomic E-state index is -4.13. The minimum absolute atomic E-state index is 0. The van der Waals surface area contributed by atoms with Crippen LogP contribution in [0.4, 0.5) is 0 Å². The monoisotopic (exact) mass is 705 g/mol. The molecular formula is C10H22Na3O9P2S9+. The first-order valence-electron chi connectivity index (χ1n) is 7.42. The summed E-state index contributed by atoms with van der Waals surface area (Å²) in [5, 5.41) is 0. The summed E-state index contributed by atoms with van der Waals surface area (Å²) in [7, 11) is -8.53. The normalized spacial score (nSPS) is 9.97. The van der Waals surface area contributed by atoms with Crippen molar-refractivity contribution in [2.75, 3.05) is 41.2 Å². The summed E-state index contributed by atoms with van der Waals surface area (Å²) in [6.45, 7) is 1.91. The van der Waals surface area contributed by atoms with Gasteiger partial charge in [0.15, 0.2) is 0 Å². The van der Waals surface area contributed by atoms with Gasteiger partial charge in [-0.05, 0) is 39.0 Å². The van der Waals surface area contributed by atoms with E-state index in [1.165, 1.54) is 21.6 Å². The van der Waals surface area contributed by atoms with Crippen molar-refractivity contribution < 1.29 is 128 Å². The summed E-state index contributed by atoms with van der Waals surface area (Å²) in [5.74, 6) is 0.412. The molecule has 0 aromatic rings. The molecule has 0 N–H and O–H groups in total. The van der Waals surface area contributed by atoms with Gasteiger partial charge in [-0.1, -0.05) is 33.4 Å². The Kier molecular flexibility index (Phi) is 61.1. The van der Waals surface area contributed by atoms with E-state index in [1.54, 1.807) is 0 Å². The van der Waals surface area contributed by atoms with E-state index in [0.29, 0.717) is 29.8 Å². The summed E-state index contributed by atoms with van der Waals surface area (Å²) in [6, 6.07) is 0. The Morgan fingerprint density at radius 1 is 0.758 bits per heavy atom. The Morgan fingerprint density at radius 2 is 0.970 bits per heavy atom. The van der Waals surface area contributed by atoms with Crippen molar-refractivity contribution in [2.24, 2.45) is 0 Å². The molecule has 9 nitrogen and oxygen atoms in total. The van der Waals surface area contributed by atoms with Crippen LogP contribution in [0.1, 0.15) is 19.3 Å².